The lowest BCUT2D eigenvalue weighted by atomic mass is 10.1. The predicted octanol–water partition coefficient (Wildman–Crippen LogP) is 1.88. The van der Waals surface area contributed by atoms with E-state index in [2.05, 4.69) is 41.2 Å². The Morgan fingerprint density at radius 1 is 1.06 bits per heavy atom. The number of nitrogens with zero attached hydrogens (tertiary/aromatic N) is 3. The minimum atomic E-state index is 0.0968. The molecule has 2 aromatic rings. The summed E-state index contributed by atoms with van der Waals surface area (Å²) in [6.07, 6.45) is 3.61. The van der Waals surface area contributed by atoms with Crippen LogP contribution in [0.3, 0.4) is 0 Å². The van der Waals surface area contributed by atoms with Crippen molar-refractivity contribution in [3.63, 3.8) is 0 Å². The number of hydrogen-bond donors (Lipinski definition) is 1. The van der Waals surface area contributed by atoms with Gasteiger partial charge < -0.3 is 10.0 Å². The quantitative estimate of drug-likeness (QED) is 0.890. The molecular formula is C14H17N3O. The highest BCUT2D eigenvalue weighted by Crippen LogP contribution is 2.19. The third kappa shape index (κ3) is 2.84. The Morgan fingerprint density at radius 2 is 1.67 bits per heavy atom. The van der Waals surface area contributed by atoms with Crippen molar-refractivity contribution >= 4 is 5.95 Å². The average molecular weight is 243 g/mol. The third-order valence-corrected chi connectivity index (χ3v) is 2.80. The monoisotopic (exact) mass is 243 g/mol. The SMILES string of the molecule is Cc1ccc(-c2cnc(N(C)CCO)nc2)cc1. The molecule has 0 unspecified atom stereocenters. The normalized spacial score (nSPS) is 10.4. The van der Waals surface area contributed by atoms with Crippen LogP contribution in [0, 0.1) is 6.92 Å². The molecule has 0 aliphatic rings. The van der Waals surface area contributed by atoms with Crippen molar-refractivity contribution in [1.29, 1.82) is 0 Å². The van der Waals surface area contributed by atoms with Gasteiger partial charge in [0.15, 0.2) is 0 Å². The van der Waals surface area contributed by atoms with Gasteiger partial charge in [-0.15, -0.1) is 0 Å². The van der Waals surface area contributed by atoms with E-state index in [0.717, 1.165) is 11.1 Å². The number of likely N-dealkylation sites (N-methyl/N-ethyl adjacent to an activating group) is 1. The molecule has 1 heterocycles. The zero-order valence-electron chi connectivity index (χ0n) is 10.7. The fourth-order valence-electron chi connectivity index (χ4n) is 1.66. The maximum atomic E-state index is 8.86. The highest BCUT2D eigenvalue weighted by atomic mass is 16.3. The van der Waals surface area contributed by atoms with Crippen LogP contribution in [-0.2, 0) is 0 Å². The molecule has 18 heavy (non-hydrogen) atoms. The third-order valence-electron chi connectivity index (χ3n) is 2.80. The van der Waals surface area contributed by atoms with Gasteiger partial charge in [-0.05, 0) is 12.5 Å². The Labute approximate surface area is 107 Å². The minimum absolute atomic E-state index is 0.0968. The van der Waals surface area contributed by atoms with Crippen LogP contribution in [0.5, 0.6) is 0 Å². The number of hydrogen-bond acceptors (Lipinski definition) is 4. The van der Waals surface area contributed by atoms with Crippen molar-refractivity contribution in [2.75, 3.05) is 25.1 Å². The summed E-state index contributed by atoms with van der Waals surface area (Å²) in [6, 6.07) is 8.26. The summed E-state index contributed by atoms with van der Waals surface area (Å²) in [7, 11) is 1.86. The molecule has 94 valence electrons. The maximum Gasteiger partial charge on any atom is 0.225 e. The highest BCUT2D eigenvalue weighted by Gasteiger charge is 2.04. The first-order valence-electron chi connectivity index (χ1n) is 5.92. The summed E-state index contributed by atoms with van der Waals surface area (Å²) in [5.41, 5.74) is 3.34. The molecule has 0 aliphatic carbocycles. The van der Waals surface area contributed by atoms with Gasteiger partial charge in [-0.1, -0.05) is 29.8 Å². The molecule has 0 radical (unpaired) electrons. The lowest BCUT2D eigenvalue weighted by molar-refractivity contribution is 0.303. The smallest absolute Gasteiger partial charge is 0.225 e. The second-order valence-electron chi connectivity index (χ2n) is 4.28. The first kappa shape index (κ1) is 12.5. The number of anilines is 1. The summed E-state index contributed by atoms with van der Waals surface area (Å²) >= 11 is 0. The van der Waals surface area contributed by atoms with Crippen LogP contribution >= 0.6 is 0 Å². The van der Waals surface area contributed by atoms with Gasteiger partial charge in [0, 0.05) is 31.5 Å². The van der Waals surface area contributed by atoms with E-state index in [0.29, 0.717) is 12.5 Å². The van der Waals surface area contributed by atoms with Crippen molar-refractivity contribution in [3.05, 3.63) is 42.2 Å². The molecule has 0 amide bonds. The maximum absolute atomic E-state index is 8.86. The number of aliphatic hydroxyl groups excluding tert-OH is 1. The molecule has 2 rings (SSSR count). The van der Waals surface area contributed by atoms with E-state index in [1.807, 2.05) is 11.9 Å². The molecule has 1 N–H and O–H groups in total. The number of aliphatic hydroxyl groups is 1. The van der Waals surface area contributed by atoms with E-state index in [1.165, 1.54) is 5.56 Å². The van der Waals surface area contributed by atoms with Gasteiger partial charge >= 0.3 is 0 Å². The molecule has 0 bridgehead atoms. The molecule has 0 fully saturated rings. The Kier molecular flexibility index (Phi) is 3.89. The summed E-state index contributed by atoms with van der Waals surface area (Å²) < 4.78 is 0. The van der Waals surface area contributed by atoms with Crippen molar-refractivity contribution in [2.45, 2.75) is 6.92 Å². The summed E-state index contributed by atoms with van der Waals surface area (Å²) in [5.74, 6) is 0.625. The van der Waals surface area contributed by atoms with E-state index in [1.54, 1.807) is 12.4 Å². The first-order chi connectivity index (χ1) is 8.70. The number of benzene rings is 1. The zero-order chi connectivity index (χ0) is 13.0. The highest BCUT2D eigenvalue weighted by molar-refractivity contribution is 5.62. The van der Waals surface area contributed by atoms with E-state index in [4.69, 9.17) is 5.11 Å². The van der Waals surface area contributed by atoms with Crippen LogP contribution < -0.4 is 4.90 Å². The fourth-order valence-corrected chi connectivity index (χ4v) is 1.66. The Morgan fingerprint density at radius 3 is 2.22 bits per heavy atom. The van der Waals surface area contributed by atoms with Gasteiger partial charge in [-0.25, -0.2) is 9.97 Å². The molecule has 4 heteroatoms. The van der Waals surface area contributed by atoms with E-state index < -0.39 is 0 Å². The molecule has 0 saturated carbocycles. The lowest BCUT2D eigenvalue weighted by Crippen LogP contribution is -2.23. The van der Waals surface area contributed by atoms with Crippen LogP contribution in [-0.4, -0.2) is 35.3 Å². The molecular weight excluding hydrogens is 226 g/mol. The van der Waals surface area contributed by atoms with Gasteiger partial charge in [-0.2, -0.15) is 0 Å². The second-order valence-corrected chi connectivity index (χ2v) is 4.28. The van der Waals surface area contributed by atoms with Crippen molar-refractivity contribution < 1.29 is 5.11 Å². The van der Waals surface area contributed by atoms with Crippen LogP contribution in [0.25, 0.3) is 11.1 Å². The lowest BCUT2D eigenvalue weighted by Gasteiger charge is -2.15. The molecule has 0 spiro atoms. The number of rotatable bonds is 4. The molecule has 1 aromatic heterocycles. The largest absolute Gasteiger partial charge is 0.395 e. The topological polar surface area (TPSA) is 49.2 Å². The minimum Gasteiger partial charge on any atom is -0.395 e. The number of aromatic nitrogens is 2. The van der Waals surface area contributed by atoms with E-state index in [9.17, 15) is 0 Å². The molecule has 4 nitrogen and oxygen atoms in total. The van der Waals surface area contributed by atoms with Crippen molar-refractivity contribution in [3.8, 4) is 11.1 Å². The zero-order valence-corrected chi connectivity index (χ0v) is 10.7. The standard InChI is InChI=1S/C14H17N3O/c1-11-3-5-12(6-4-11)13-9-15-14(16-10-13)17(2)7-8-18/h3-6,9-10,18H,7-8H2,1-2H3. The van der Waals surface area contributed by atoms with E-state index in [-0.39, 0.29) is 6.61 Å². The van der Waals surface area contributed by atoms with Gasteiger partial charge in [-0.3, -0.25) is 0 Å². The summed E-state index contributed by atoms with van der Waals surface area (Å²) in [4.78, 5) is 10.4. The Bertz CT molecular complexity index is 493. The van der Waals surface area contributed by atoms with Crippen molar-refractivity contribution in [1.82, 2.24) is 9.97 Å². The molecule has 0 saturated heterocycles. The molecule has 0 atom stereocenters. The average Bonchev–Trinajstić information content (AvgIpc) is 2.40. The molecule has 0 aliphatic heterocycles. The second kappa shape index (κ2) is 5.60. The Hall–Kier alpha value is -1.94. The Balaban J connectivity index is 2.19. The van der Waals surface area contributed by atoms with Gasteiger partial charge in [0.1, 0.15) is 0 Å². The van der Waals surface area contributed by atoms with Crippen LogP contribution in [0.15, 0.2) is 36.7 Å². The van der Waals surface area contributed by atoms with Crippen LogP contribution in [0.2, 0.25) is 0 Å². The fraction of sp³-hybridized carbons (Fsp3) is 0.286. The predicted molar refractivity (Wildman–Crippen MR) is 72.6 cm³/mol. The van der Waals surface area contributed by atoms with Gasteiger partial charge in [0.25, 0.3) is 0 Å². The van der Waals surface area contributed by atoms with Crippen LogP contribution in [0.4, 0.5) is 5.95 Å². The summed E-state index contributed by atoms with van der Waals surface area (Å²) in [6.45, 7) is 2.69. The molecule has 1 aromatic carbocycles. The first-order valence-corrected chi connectivity index (χ1v) is 5.92. The van der Waals surface area contributed by atoms with Crippen LogP contribution in [0.1, 0.15) is 5.56 Å². The summed E-state index contributed by atoms with van der Waals surface area (Å²) in [5, 5.41) is 8.86. The van der Waals surface area contributed by atoms with Gasteiger partial charge in [0.2, 0.25) is 5.95 Å². The van der Waals surface area contributed by atoms with E-state index >= 15 is 0 Å². The number of aryl methyl sites for hydroxylation is 1. The van der Waals surface area contributed by atoms with Gasteiger partial charge in [0.05, 0.1) is 6.61 Å². The van der Waals surface area contributed by atoms with Crippen molar-refractivity contribution in [2.24, 2.45) is 0 Å².